The van der Waals surface area contributed by atoms with Crippen molar-refractivity contribution in [3.63, 3.8) is 0 Å². The van der Waals surface area contributed by atoms with Crippen LogP contribution in [0.4, 0.5) is 65.8 Å². The number of carbonyl (C=O) groups excluding carboxylic acids is 1. The van der Waals surface area contributed by atoms with Crippen LogP contribution < -0.4 is 15.5 Å². The molecule has 2 amide bonds. The molecule has 1 aromatic heterocycles. The number of hydrogen-bond acceptors (Lipinski definition) is 4. The van der Waals surface area contributed by atoms with Crippen LogP contribution in [0.2, 0.25) is 0 Å². The van der Waals surface area contributed by atoms with E-state index >= 15 is 0 Å². The molecular formula is C25H19F10N5O. The number of aromatic nitrogens is 1. The number of nitrogens with one attached hydrogen (secondary N) is 2. The fourth-order valence-corrected chi connectivity index (χ4v) is 4.17. The Morgan fingerprint density at radius 3 is 1.88 bits per heavy atom. The van der Waals surface area contributed by atoms with Gasteiger partial charge in [-0.05, 0) is 29.8 Å². The van der Waals surface area contributed by atoms with Crippen LogP contribution >= 0.6 is 0 Å². The maximum absolute atomic E-state index is 14.0. The van der Waals surface area contributed by atoms with Gasteiger partial charge in [-0.2, -0.15) is 48.9 Å². The van der Waals surface area contributed by atoms with Gasteiger partial charge in [0, 0.05) is 44.1 Å². The molecule has 0 saturated carbocycles. The number of halogens is 10. The zero-order valence-electron chi connectivity index (χ0n) is 20.6. The SMILES string of the molecule is O=C(Nc1cc(C(F)(F)F)cc(C(F)(F)F)c1)N1CCN(c2ccccc2CNc2c(F)c(F)nc(F)c2F)CC1. The van der Waals surface area contributed by atoms with Crippen molar-refractivity contribution < 1.29 is 48.7 Å². The Balaban J connectivity index is 1.43. The van der Waals surface area contributed by atoms with E-state index in [0.29, 0.717) is 23.4 Å². The molecule has 220 valence electrons. The summed E-state index contributed by atoms with van der Waals surface area (Å²) < 4.78 is 133. The number of piperazine rings is 1. The summed E-state index contributed by atoms with van der Waals surface area (Å²) in [5.41, 5.74) is -3.87. The lowest BCUT2D eigenvalue weighted by Crippen LogP contribution is -2.50. The number of benzene rings is 2. The Kier molecular flexibility index (Phi) is 8.22. The Morgan fingerprint density at radius 2 is 1.34 bits per heavy atom. The number of nitrogens with zero attached hydrogens (tertiary/aromatic N) is 3. The van der Waals surface area contributed by atoms with Crippen molar-refractivity contribution in [3.05, 3.63) is 82.7 Å². The van der Waals surface area contributed by atoms with Crippen molar-refractivity contribution in [1.82, 2.24) is 9.88 Å². The molecule has 1 aliphatic heterocycles. The summed E-state index contributed by atoms with van der Waals surface area (Å²) in [6.45, 7) is 0.111. The molecule has 2 N–H and O–H groups in total. The number of para-hydroxylation sites is 1. The predicted molar refractivity (Wildman–Crippen MR) is 127 cm³/mol. The van der Waals surface area contributed by atoms with E-state index in [1.54, 1.807) is 29.2 Å². The summed E-state index contributed by atoms with van der Waals surface area (Å²) in [7, 11) is 0. The van der Waals surface area contributed by atoms with Gasteiger partial charge in [-0.15, -0.1) is 0 Å². The monoisotopic (exact) mass is 595 g/mol. The standard InChI is InChI=1S/C25H19F10N5O/c26-18-20(19(27)22(29)38-21(18)28)36-12-13-3-1-2-4-17(13)39-5-7-40(8-6-39)23(41)37-16-10-14(24(30,31)32)9-15(11-16)25(33,34)35/h1-4,9-11H,5-8,12H2,(H,36,38)(H,37,41). The first-order chi connectivity index (χ1) is 19.1. The predicted octanol–water partition coefficient (Wildman–Crippen LogP) is 6.64. The number of hydrogen-bond donors (Lipinski definition) is 2. The van der Waals surface area contributed by atoms with E-state index in [-0.39, 0.29) is 38.8 Å². The van der Waals surface area contributed by atoms with E-state index in [1.807, 2.05) is 0 Å². The lowest BCUT2D eigenvalue weighted by Gasteiger charge is -2.37. The van der Waals surface area contributed by atoms with Crippen molar-refractivity contribution in [2.24, 2.45) is 0 Å². The quantitative estimate of drug-likeness (QED) is 0.257. The number of pyridine rings is 1. The number of urea groups is 1. The van der Waals surface area contributed by atoms with Crippen molar-refractivity contribution >= 4 is 23.1 Å². The van der Waals surface area contributed by atoms with Crippen molar-refractivity contribution in [2.75, 3.05) is 41.7 Å². The van der Waals surface area contributed by atoms with Crippen LogP contribution in [0.1, 0.15) is 16.7 Å². The molecule has 0 atom stereocenters. The third-order valence-electron chi connectivity index (χ3n) is 6.19. The molecule has 2 aromatic carbocycles. The number of rotatable bonds is 5. The summed E-state index contributed by atoms with van der Waals surface area (Å²) in [4.78, 5) is 18.1. The van der Waals surface area contributed by atoms with Gasteiger partial charge in [0.05, 0.1) is 11.1 Å². The molecule has 16 heteroatoms. The maximum atomic E-state index is 14.0. The molecule has 1 fully saturated rings. The minimum atomic E-state index is -5.08. The summed E-state index contributed by atoms with van der Waals surface area (Å²) in [5, 5.41) is 4.39. The molecule has 1 aliphatic rings. The van der Waals surface area contributed by atoms with Crippen LogP contribution in [0.25, 0.3) is 0 Å². The molecule has 4 rings (SSSR count). The number of amides is 2. The zero-order valence-corrected chi connectivity index (χ0v) is 20.6. The normalized spacial score (nSPS) is 14.3. The second kappa shape index (κ2) is 11.3. The smallest absolute Gasteiger partial charge is 0.376 e. The fourth-order valence-electron chi connectivity index (χ4n) is 4.17. The minimum Gasteiger partial charge on any atom is -0.376 e. The molecule has 0 unspecified atom stereocenters. The Labute approximate surface area is 225 Å². The maximum Gasteiger partial charge on any atom is 0.416 e. The number of alkyl halides is 6. The first kappa shape index (κ1) is 29.7. The molecule has 6 nitrogen and oxygen atoms in total. The van der Waals surface area contributed by atoms with E-state index in [9.17, 15) is 48.7 Å². The van der Waals surface area contributed by atoms with Gasteiger partial charge in [0.25, 0.3) is 11.9 Å². The molecule has 0 radical (unpaired) electrons. The highest BCUT2D eigenvalue weighted by Gasteiger charge is 2.37. The molecule has 0 aliphatic carbocycles. The van der Waals surface area contributed by atoms with Crippen LogP contribution in [0.5, 0.6) is 0 Å². The van der Waals surface area contributed by atoms with Crippen molar-refractivity contribution in [1.29, 1.82) is 0 Å². The van der Waals surface area contributed by atoms with Gasteiger partial charge in [0.2, 0.25) is 11.6 Å². The summed E-state index contributed by atoms with van der Waals surface area (Å²) in [6.07, 6.45) is -10.2. The average Bonchev–Trinajstić information content (AvgIpc) is 2.91. The van der Waals surface area contributed by atoms with E-state index < -0.39 is 64.4 Å². The van der Waals surface area contributed by atoms with E-state index in [1.165, 1.54) is 4.90 Å². The van der Waals surface area contributed by atoms with E-state index in [0.717, 1.165) is 0 Å². The highest BCUT2D eigenvalue weighted by Crippen LogP contribution is 2.37. The second-order valence-electron chi connectivity index (χ2n) is 8.88. The Morgan fingerprint density at radius 1 is 0.805 bits per heavy atom. The molecule has 0 bridgehead atoms. The van der Waals surface area contributed by atoms with Crippen LogP contribution in [0.15, 0.2) is 42.5 Å². The van der Waals surface area contributed by atoms with Gasteiger partial charge in [-0.3, -0.25) is 0 Å². The highest BCUT2D eigenvalue weighted by atomic mass is 19.4. The number of anilines is 3. The van der Waals surface area contributed by atoms with Crippen LogP contribution in [0, 0.1) is 23.5 Å². The highest BCUT2D eigenvalue weighted by molar-refractivity contribution is 5.89. The minimum absolute atomic E-state index is 0.0166. The first-order valence-corrected chi connectivity index (χ1v) is 11.8. The Bertz CT molecular complexity index is 1380. The van der Waals surface area contributed by atoms with E-state index in [2.05, 4.69) is 15.6 Å². The molecule has 41 heavy (non-hydrogen) atoms. The molecule has 0 spiro atoms. The molecular weight excluding hydrogens is 576 g/mol. The fraction of sp³-hybridized carbons (Fsp3) is 0.280. The lowest BCUT2D eigenvalue weighted by molar-refractivity contribution is -0.143. The summed E-state index contributed by atoms with van der Waals surface area (Å²) in [6, 6.07) is 6.32. The third-order valence-corrected chi connectivity index (χ3v) is 6.19. The van der Waals surface area contributed by atoms with Crippen LogP contribution in [-0.2, 0) is 18.9 Å². The van der Waals surface area contributed by atoms with Gasteiger partial charge in [0.15, 0.2) is 0 Å². The third kappa shape index (κ3) is 6.74. The second-order valence-corrected chi connectivity index (χ2v) is 8.88. The van der Waals surface area contributed by atoms with Crippen LogP contribution in [0.3, 0.4) is 0 Å². The topological polar surface area (TPSA) is 60.5 Å². The van der Waals surface area contributed by atoms with Crippen molar-refractivity contribution in [2.45, 2.75) is 18.9 Å². The largest absolute Gasteiger partial charge is 0.416 e. The zero-order chi connectivity index (χ0) is 30.1. The van der Waals surface area contributed by atoms with Gasteiger partial charge >= 0.3 is 18.4 Å². The average molecular weight is 595 g/mol. The summed E-state index contributed by atoms with van der Waals surface area (Å²) >= 11 is 0. The summed E-state index contributed by atoms with van der Waals surface area (Å²) in [5.74, 6) is -7.06. The van der Waals surface area contributed by atoms with Gasteiger partial charge in [0.1, 0.15) is 5.69 Å². The first-order valence-electron chi connectivity index (χ1n) is 11.8. The Hall–Kier alpha value is -4.24. The molecule has 3 aromatic rings. The van der Waals surface area contributed by atoms with E-state index in [4.69, 9.17) is 0 Å². The van der Waals surface area contributed by atoms with Crippen LogP contribution in [-0.4, -0.2) is 42.1 Å². The van der Waals surface area contributed by atoms with Gasteiger partial charge in [-0.1, -0.05) is 18.2 Å². The van der Waals surface area contributed by atoms with Gasteiger partial charge < -0.3 is 20.4 Å². The van der Waals surface area contributed by atoms with Gasteiger partial charge in [-0.25, -0.2) is 4.79 Å². The van der Waals surface area contributed by atoms with Crippen molar-refractivity contribution in [3.8, 4) is 0 Å². The molecule has 2 heterocycles. The molecule has 1 saturated heterocycles. The lowest BCUT2D eigenvalue weighted by atomic mass is 10.1. The number of carbonyl (C=O) groups is 1.